The number of cyclic esters (lactones) is 1. The van der Waals surface area contributed by atoms with E-state index in [1.54, 1.807) is 6.08 Å². The maximum absolute atomic E-state index is 10.6. The third-order valence-electron chi connectivity index (χ3n) is 1.51. The number of carbonyl (C=O) groups excluding carboxylic acids is 1. The lowest BCUT2D eigenvalue weighted by Crippen LogP contribution is -2.14. The smallest absolute Gasteiger partial charge is 0.306 e. The van der Waals surface area contributed by atoms with Gasteiger partial charge in [0.15, 0.2) is 0 Å². The minimum atomic E-state index is -0.114. The fourth-order valence-corrected chi connectivity index (χ4v) is 0.983. The van der Waals surface area contributed by atoms with Gasteiger partial charge >= 0.3 is 5.97 Å². The first kappa shape index (κ1) is 8.27. The standard InChI is InChI=1S/C8H12O3/c1-2-5-10-6-7-3-4-8(9)11-7/h2,7H,1,3-6H2. The maximum atomic E-state index is 10.6. The molecule has 0 spiro atoms. The highest BCUT2D eigenvalue weighted by Crippen LogP contribution is 2.13. The van der Waals surface area contributed by atoms with Crippen molar-refractivity contribution in [3.63, 3.8) is 0 Å². The monoisotopic (exact) mass is 156 g/mol. The molecule has 1 aliphatic rings. The Morgan fingerprint density at radius 3 is 3.18 bits per heavy atom. The first-order valence-electron chi connectivity index (χ1n) is 3.71. The summed E-state index contributed by atoms with van der Waals surface area (Å²) in [5.74, 6) is -0.114. The molecule has 3 nitrogen and oxygen atoms in total. The topological polar surface area (TPSA) is 35.5 Å². The predicted molar refractivity (Wildman–Crippen MR) is 40.1 cm³/mol. The number of esters is 1. The van der Waals surface area contributed by atoms with Crippen molar-refractivity contribution in [1.82, 2.24) is 0 Å². The van der Waals surface area contributed by atoms with Crippen molar-refractivity contribution in [2.24, 2.45) is 0 Å². The van der Waals surface area contributed by atoms with E-state index in [1.807, 2.05) is 0 Å². The van der Waals surface area contributed by atoms with E-state index < -0.39 is 0 Å². The molecule has 0 bridgehead atoms. The lowest BCUT2D eigenvalue weighted by atomic mass is 10.2. The fraction of sp³-hybridized carbons (Fsp3) is 0.625. The summed E-state index contributed by atoms with van der Waals surface area (Å²) in [5.41, 5.74) is 0. The van der Waals surface area contributed by atoms with Gasteiger partial charge in [0.1, 0.15) is 6.10 Å². The van der Waals surface area contributed by atoms with Gasteiger partial charge in [-0.1, -0.05) is 6.08 Å². The van der Waals surface area contributed by atoms with E-state index >= 15 is 0 Å². The van der Waals surface area contributed by atoms with Gasteiger partial charge in [-0.2, -0.15) is 0 Å². The number of hydrogen-bond donors (Lipinski definition) is 0. The molecule has 1 atom stereocenters. The van der Waals surface area contributed by atoms with Crippen LogP contribution in [0.2, 0.25) is 0 Å². The Morgan fingerprint density at radius 2 is 2.64 bits per heavy atom. The highest BCUT2D eigenvalue weighted by Gasteiger charge is 2.22. The normalized spacial score (nSPS) is 23.3. The molecule has 0 N–H and O–H groups in total. The molecular weight excluding hydrogens is 144 g/mol. The summed E-state index contributed by atoms with van der Waals surface area (Å²) in [7, 11) is 0. The van der Waals surface area contributed by atoms with Crippen molar-refractivity contribution in [2.45, 2.75) is 18.9 Å². The Labute approximate surface area is 66.0 Å². The van der Waals surface area contributed by atoms with Crippen molar-refractivity contribution in [3.8, 4) is 0 Å². The zero-order chi connectivity index (χ0) is 8.10. The fourth-order valence-electron chi connectivity index (χ4n) is 0.983. The summed E-state index contributed by atoms with van der Waals surface area (Å²) < 4.78 is 10.0. The van der Waals surface area contributed by atoms with Crippen LogP contribution in [-0.4, -0.2) is 25.3 Å². The van der Waals surface area contributed by atoms with Crippen LogP contribution in [0.1, 0.15) is 12.8 Å². The zero-order valence-electron chi connectivity index (χ0n) is 6.41. The zero-order valence-corrected chi connectivity index (χ0v) is 6.41. The van der Waals surface area contributed by atoms with Crippen LogP contribution in [-0.2, 0) is 14.3 Å². The molecule has 1 aliphatic heterocycles. The van der Waals surface area contributed by atoms with Crippen LogP contribution in [0.5, 0.6) is 0 Å². The number of hydrogen-bond acceptors (Lipinski definition) is 3. The van der Waals surface area contributed by atoms with E-state index in [9.17, 15) is 4.79 Å². The summed E-state index contributed by atoms with van der Waals surface area (Å²) >= 11 is 0. The second-order valence-corrected chi connectivity index (χ2v) is 2.48. The molecule has 1 unspecified atom stereocenters. The van der Waals surface area contributed by atoms with Gasteiger partial charge in [-0.05, 0) is 6.42 Å². The number of carbonyl (C=O) groups is 1. The van der Waals surface area contributed by atoms with Gasteiger partial charge in [0.2, 0.25) is 0 Å². The van der Waals surface area contributed by atoms with E-state index in [0.717, 1.165) is 6.42 Å². The van der Waals surface area contributed by atoms with Gasteiger partial charge in [0.05, 0.1) is 13.2 Å². The first-order chi connectivity index (χ1) is 5.33. The summed E-state index contributed by atoms with van der Waals surface area (Å²) in [6, 6.07) is 0. The van der Waals surface area contributed by atoms with Crippen LogP contribution >= 0.6 is 0 Å². The molecule has 1 rings (SSSR count). The minimum Gasteiger partial charge on any atom is -0.460 e. The Balaban J connectivity index is 2.08. The molecule has 1 heterocycles. The number of ether oxygens (including phenoxy) is 2. The average Bonchev–Trinajstić information content (AvgIpc) is 2.37. The van der Waals surface area contributed by atoms with Crippen molar-refractivity contribution in [1.29, 1.82) is 0 Å². The molecule has 1 fully saturated rings. The van der Waals surface area contributed by atoms with Gasteiger partial charge in [0.25, 0.3) is 0 Å². The quantitative estimate of drug-likeness (QED) is 0.344. The molecule has 0 aromatic heterocycles. The Hall–Kier alpha value is -0.830. The maximum Gasteiger partial charge on any atom is 0.306 e. The average molecular weight is 156 g/mol. The van der Waals surface area contributed by atoms with E-state index in [-0.39, 0.29) is 12.1 Å². The predicted octanol–water partition coefficient (Wildman–Crippen LogP) is 0.895. The molecule has 0 saturated carbocycles. The minimum absolute atomic E-state index is 0.0255. The van der Waals surface area contributed by atoms with Gasteiger partial charge < -0.3 is 9.47 Å². The SMILES string of the molecule is C=CCOCC1CCC(=O)O1. The Bertz CT molecular complexity index is 153. The molecule has 0 amide bonds. The summed E-state index contributed by atoms with van der Waals surface area (Å²) in [6.45, 7) is 4.53. The van der Waals surface area contributed by atoms with Crippen LogP contribution in [0.25, 0.3) is 0 Å². The van der Waals surface area contributed by atoms with Crippen LogP contribution in [0.3, 0.4) is 0 Å². The van der Waals surface area contributed by atoms with Crippen LogP contribution in [0.15, 0.2) is 12.7 Å². The van der Waals surface area contributed by atoms with Gasteiger partial charge in [0, 0.05) is 6.42 Å². The summed E-state index contributed by atoms with van der Waals surface area (Å²) in [5, 5.41) is 0. The van der Waals surface area contributed by atoms with E-state index in [4.69, 9.17) is 9.47 Å². The Kier molecular flexibility index (Phi) is 3.11. The molecule has 0 radical (unpaired) electrons. The second-order valence-electron chi connectivity index (χ2n) is 2.48. The Morgan fingerprint density at radius 1 is 1.82 bits per heavy atom. The third-order valence-corrected chi connectivity index (χ3v) is 1.51. The molecule has 3 heteroatoms. The molecule has 1 saturated heterocycles. The molecule has 0 aromatic rings. The van der Waals surface area contributed by atoms with Crippen molar-refractivity contribution in [3.05, 3.63) is 12.7 Å². The van der Waals surface area contributed by atoms with E-state index in [1.165, 1.54) is 0 Å². The molecule has 11 heavy (non-hydrogen) atoms. The molecule has 0 aliphatic carbocycles. The highest BCUT2D eigenvalue weighted by molar-refractivity contribution is 5.71. The summed E-state index contributed by atoms with van der Waals surface area (Å²) in [4.78, 5) is 10.6. The van der Waals surface area contributed by atoms with Crippen molar-refractivity contribution >= 4 is 5.97 Å². The first-order valence-corrected chi connectivity index (χ1v) is 3.71. The number of rotatable bonds is 4. The second kappa shape index (κ2) is 4.13. The van der Waals surface area contributed by atoms with Crippen molar-refractivity contribution < 1.29 is 14.3 Å². The molecular formula is C8H12O3. The molecule has 0 aromatic carbocycles. The van der Waals surface area contributed by atoms with Gasteiger partial charge in [-0.3, -0.25) is 4.79 Å². The summed E-state index contributed by atoms with van der Waals surface area (Å²) in [6.07, 6.45) is 2.97. The van der Waals surface area contributed by atoms with Crippen LogP contribution < -0.4 is 0 Å². The lowest BCUT2D eigenvalue weighted by Gasteiger charge is -2.07. The van der Waals surface area contributed by atoms with E-state index in [0.29, 0.717) is 19.6 Å². The lowest BCUT2D eigenvalue weighted by molar-refractivity contribution is -0.143. The van der Waals surface area contributed by atoms with Crippen LogP contribution in [0.4, 0.5) is 0 Å². The van der Waals surface area contributed by atoms with Gasteiger partial charge in [-0.15, -0.1) is 6.58 Å². The van der Waals surface area contributed by atoms with Gasteiger partial charge in [-0.25, -0.2) is 0 Å². The van der Waals surface area contributed by atoms with E-state index in [2.05, 4.69) is 6.58 Å². The largest absolute Gasteiger partial charge is 0.460 e. The molecule has 62 valence electrons. The van der Waals surface area contributed by atoms with Crippen LogP contribution in [0, 0.1) is 0 Å². The third kappa shape index (κ3) is 2.72. The highest BCUT2D eigenvalue weighted by atomic mass is 16.6. The van der Waals surface area contributed by atoms with Crippen molar-refractivity contribution in [2.75, 3.05) is 13.2 Å².